The lowest BCUT2D eigenvalue weighted by Crippen LogP contribution is -2.41. The summed E-state index contributed by atoms with van der Waals surface area (Å²) in [6.45, 7) is 5.28. The maximum atomic E-state index is 5.39. The topological polar surface area (TPSA) is 39.1 Å². The Morgan fingerprint density at radius 3 is 2.81 bits per heavy atom. The molecule has 2 atom stereocenters. The summed E-state index contributed by atoms with van der Waals surface area (Å²) in [5, 5.41) is 7.90. The normalized spacial score (nSPS) is 15.0. The molecule has 0 spiro atoms. The second-order valence-electron chi connectivity index (χ2n) is 4.19. The third-order valence-electron chi connectivity index (χ3n) is 2.79. The summed E-state index contributed by atoms with van der Waals surface area (Å²) in [4.78, 5) is 0. The van der Waals surface area contributed by atoms with E-state index in [9.17, 15) is 0 Å². The molecule has 0 saturated heterocycles. The zero-order valence-corrected chi connectivity index (χ0v) is 10.7. The van der Waals surface area contributed by atoms with Crippen molar-refractivity contribution in [3.05, 3.63) is 18.0 Å². The largest absolute Gasteiger partial charge is 0.380 e. The van der Waals surface area contributed by atoms with Gasteiger partial charge in [-0.05, 0) is 26.0 Å². The number of rotatable bonds is 7. The standard InChI is InChI=1S/C12H23N3O/c1-5-7-13-12(10(2)16-4)9-11-6-8-15(3)14-11/h6,8,10,12-13H,5,7,9H2,1-4H3. The van der Waals surface area contributed by atoms with Crippen LogP contribution in [0.1, 0.15) is 26.0 Å². The van der Waals surface area contributed by atoms with Gasteiger partial charge in [0.15, 0.2) is 0 Å². The van der Waals surface area contributed by atoms with Gasteiger partial charge in [-0.15, -0.1) is 0 Å². The zero-order valence-electron chi connectivity index (χ0n) is 10.7. The lowest BCUT2D eigenvalue weighted by molar-refractivity contribution is 0.0827. The number of hydrogen-bond donors (Lipinski definition) is 1. The molecule has 0 aromatic carbocycles. The van der Waals surface area contributed by atoms with Gasteiger partial charge in [0.25, 0.3) is 0 Å². The Balaban J connectivity index is 2.55. The molecule has 1 rings (SSSR count). The van der Waals surface area contributed by atoms with Gasteiger partial charge < -0.3 is 10.1 Å². The van der Waals surface area contributed by atoms with Gasteiger partial charge in [0.1, 0.15) is 0 Å². The Bertz CT molecular complexity index is 298. The summed E-state index contributed by atoms with van der Waals surface area (Å²) < 4.78 is 7.23. The second-order valence-corrected chi connectivity index (χ2v) is 4.19. The molecule has 0 bridgehead atoms. The van der Waals surface area contributed by atoms with Gasteiger partial charge in [-0.2, -0.15) is 5.10 Å². The summed E-state index contributed by atoms with van der Waals surface area (Å²) in [7, 11) is 3.70. The minimum absolute atomic E-state index is 0.202. The number of aryl methyl sites for hydroxylation is 1. The monoisotopic (exact) mass is 225 g/mol. The highest BCUT2D eigenvalue weighted by atomic mass is 16.5. The van der Waals surface area contributed by atoms with E-state index in [1.165, 1.54) is 0 Å². The molecule has 0 aliphatic heterocycles. The molecule has 0 saturated carbocycles. The van der Waals surface area contributed by atoms with E-state index in [-0.39, 0.29) is 6.10 Å². The van der Waals surface area contributed by atoms with Crippen LogP contribution in [0.5, 0.6) is 0 Å². The molecule has 0 fully saturated rings. The van der Waals surface area contributed by atoms with Gasteiger partial charge in [-0.1, -0.05) is 6.92 Å². The molecule has 1 aromatic rings. The van der Waals surface area contributed by atoms with Crippen LogP contribution in [0.25, 0.3) is 0 Å². The number of aromatic nitrogens is 2. The first-order valence-electron chi connectivity index (χ1n) is 5.92. The predicted octanol–water partition coefficient (Wildman–Crippen LogP) is 1.37. The fourth-order valence-electron chi connectivity index (χ4n) is 1.70. The van der Waals surface area contributed by atoms with Crippen LogP contribution in [0.3, 0.4) is 0 Å². The first kappa shape index (κ1) is 13.2. The van der Waals surface area contributed by atoms with Crippen molar-refractivity contribution >= 4 is 0 Å². The Morgan fingerprint density at radius 2 is 2.31 bits per heavy atom. The van der Waals surface area contributed by atoms with Crippen LogP contribution in [0.4, 0.5) is 0 Å². The van der Waals surface area contributed by atoms with Crippen LogP contribution in [0.15, 0.2) is 12.3 Å². The summed E-state index contributed by atoms with van der Waals surface area (Å²) in [6.07, 6.45) is 4.22. The molecule has 92 valence electrons. The van der Waals surface area contributed by atoms with Crippen LogP contribution in [-0.4, -0.2) is 35.6 Å². The van der Waals surface area contributed by atoms with Crippen molar-refractivity contribution in [1.82, 2.24) is 15.1 Å². The summed E-state index contributed by atoms with van der Waals surface area (Å²) in [6, 6.07) is 2.39. The van der Waals surface area contributed by atoms with Gasteiger partial charge >= 0.3 is 0 Å². The third-order valence-corrected chi connectivity index (χ3v) is 2.79. The molecule has 0 amide bonds. The first-order chi connectivity index (χ1) is 7.67. The highest BCUT2D eigenvalue weighted by molar-refractivity contribution is 5.02. The number of ether oxygens (including phenoxy) is 1. The van der Waals surface area contributed by atoms with Crippen LogP contribution in [0.2, 0.25) is 0 Å². The van der Waals surface area contributed by atoms with Crippen LogP contribution < -0.4 is 5.32 Å². The third kappa shape index (κ3) is 3.94. The molecular formula is C12H23N3O. The summed E-state index contributed by atoms with van der Waals surface area (Å²) in [5.41, 5.74) is 1.11. The number of nitrogens with one attached hydrogen (secondary N) is 1. The lowest BCUT2D eigenvalue weighted by atomic mass is 10.1. The smallest absolute Gasteiger partial charge is 0.0700 e. The molecule has 4 heteroatoms. The van der Waals surface area contributed by atoms with Crippen LogP contribution in [0, 0.1) is 0 Å². The van der Waals surface area contributed by atoms with E-state index in [0.717, 1.165) is 25.1 Å². The molecular weight excluding hydrogens is 202 g/mol. The number of hydrogen-bond acceptors (Lipinski definition) is 3. The Hall–Kier alpha value is -0.870. The summed E-state index contributed by atoms with van der Waals surface area (Å²) in [5.74, 6) is 0. The minimum atomic E-state index is 0.202. The maximum absolute atomic E-state index is 5.39. The van der Waals surface area contributed by atoms with Crippen molar-refractivity contribution < 1.29 is 4.74 Å². The van der Waals surface area contributed by atoms with Crippen molar-refractivity contribution in [1.29, 1.82) is 0 Å². The van der Waals surface area contributed by atoms with Crippen molar-refractivity contribution in [3.63, 3.8) is 0 Å². The molecule has 0 aliphatic carbocycles. The molecule has 0 aliphatic rings. The first-order valence-corrected chi connectivity index (χ1v) is 5.92. The lowest BCUT2D eigenvalue weighted by Gasteiger charge is -2.23. The molecule has 16 heavy (non-hydrogen) atoms. The van der Waals surface area contributed by atoms with Crippen molar-refractivity contribution in [2.24, 2.45) is 7.05 Å². The fraction of sp³-hybridized carbons (Fsp3) is 0.750. The molecule has 4 nitrogen and oxygen atoms in total. The minimum Gasteiger partial charge on any atom is -0.380 e. The van der Waals surface area contributed by atoms with E-state index in [1.807, 2.05) is 17.9 Å². The van der Waals surface area contributed by atoms with E-state index < -0.39 is 0 Å². The van der Waals surface area contributed by atoms with E-state index in [0.29, 0.717) is 6.04 Å². The quantitative estimate of drug-likeness (QED) is 0.761. The Morgan fingerprint density at radius 1 is 1.56 bits per heavy atom. The number of nitrogens with zero attached hydrogens (tertiary/aromatic N) is 2. The van der Waals surface area contributed by atoms with Gasteiger partial charge in [0.2, 0.25) is 0 Å². The van der Waals surface area contributed by atoms with Gasteiger partial charge in [0, 0.05) is 32.8 Å². The highest BCUT2D eigenvalue weighted by Crippen LogP contribution is 2.06. The van der Waals surface area contributed by atoms with E-state index >= 15 is 0 Å². The van der Waals surface area contributed by atoms with E-state index in [2.05, 4.69) is 30.3 Å². The zero-order chi connectivity index (χ0) is 12.0. The molecule has 1 aromatic heterocycles. The predicted molar refractivity (Wildman–Crippen MR) is 65.5 cm³/mol. The summed E-state index contributed by atoms with van der Waals surface area (Å²) >= 11 is 0. The maximum Gasteiger partial charge on any atom is 0.0700 e. The molecule has 1 N–H and O–H groups in total. The van der Waals surface area contributed by atoms with E-state index in [1.54, 1.807) is 7.11 Å². The average molecular weight is 225 g/mol. The van der Waals surface area contributed by atoms with Crippen molar-refractivity contribution in [3.8, 4) is 0 Å². The average Bonchev–Trinajstić information content (AvgIpc) is 2.69. The molecule has 1 heterocycles. The van der Waals surface area contributed by atoms with Crippen molar-refractivity contribution in [2.75, 3.05) is 13.7 Å². The highest BCUT2D eigenvalue weighted by Gasteiger charge is 2.17. The van der Waals surface area contributed by atoms with Crippen molar-refractivity contribution in [2.45, 2.75) is 38.8 Å². The fourth-order valence-corrected chi connectivity index (χ4v) is 1.70. The Labute approximate surface area is 98.0 Å². The Kier molecular flexibility index (Phi) is 5.49. The van der Waals surface area contributed by atoms with Gasteiger partial charge in [-0.3, -0.25) is 4.68 Å². The molecule has 2 unspecified atom stereocenters. The van der Waals surface area contributed by atoms with Gasteiger partial charge in [0.05, 0.1) is 11.8 Å². The second kappa shape index (κ2) is 6.66. The van der Waals surface area contributed by atoms with E-state index in [4.69, 9.17) is 4.74 Å². The van der Waals surface area contributed by atoms with Crippen LogP contribution >= 0.6 is 0 Å². The SMILES string of the molecule is CCCNC(Cc1ccn(C)n1)C(C)OC. The number of methoxy groups -OCH3 is 1. The van der Waals surface area contributed by atoms with Crippen LogP contribution in [-0.2, 0) is 18.2 Å². The molecule has 0 radical (unpaired) electrons. The van der Waals surface area contributed by atoms with Gasteiger partial charge in [-0.25, -0.2) is 0 Å².